The molecule has 4 aliphatic rings. The van der Waals surface area contributed by atoms with Gasteiger partial charge in [-0.2, -0.15) is 0 Å². The number of nitrogens with zero attached hydrogens (tertiary/aromatic N) is 7. The highest BCUT2D eigenvalue weighted by atomic mass is 35.5. The lowest BCUT2D eigenvalue weighted by Crippen LogP contribution is -2.35. The Morgan fingerprint density at radius 3 is 1.23 bits per heavy atom. The number of ketones is 3. The number of carbonyl (C=O) groups is 17. The molecule has 9 rings (SSSR count). The number of fused-ring (bicyclic) bond motifs is 5. The van der Waals surface area contributed by atoms with E-state index >= 15 is 0 Å². The molecule has 3 aromatic heterocycles. The van der Waals surface area contributed by atoms with Crippen molar-refractivity contribution < 1.29 is 129 Å². The van der Waals surface area contributed by atoms with Crippen molar-refractivity contribution in [3.63, 3.8) is 0 Å². The lowest BCUT2D eigenvalue weighted by Gasteiger charge is -2.15. The number of carbonyl (C=O) groups excluding carboxylic acids is 17. The number of benzene rings is 2. The minimum Gasteiger partial charge on any atom is -0.469 e. The molecule has 2 bridgehead atoms. The fourth-order valence-corrected chi connectivity index (χ4v) is 8.78. The highest BCUT2D eigenvalue weighted by Gasteiger charge is 2.61. The van der Waals surface area contributed by atoms with Crippen LogP contribution in [0, 0.1) is 37.5 Å². The summed E-state index contributed by atoms with van der Waals surface area (Å²) in [5.41, 5.74) is 1.82. The van der Waals surface area contributed by atoms with Crippen LogP contribution in [0.4, 0.5) is 0 Å². The van der Waals surface area contributed by atoms with Crippen molar-refractivity contribution in [1.29, 1.82) is 0 Å². The lowest BCUT2D eigenvalue weighted by atomic mass is 9.85. The van der Waals surface area contributed by atoms with Crippen molar-refractivity contribution in [2.24, 2.45) is 28.8 Å². The van der Waals surface area contributed by atoms with Crippen LogP contribution in [0.2, 0.25) is 0 Å². The third-order valence-electron chi connectivity index (χ3n) is 15.2. The molecule has 3 fully saturated rings. The van der Waals surface area contributed by atoms with Gasteiger partial charge in [0.15, 0.2) is 15.8 Å². The number of hydrogen-bond donors (Lipinski definition) is 0. The number of esters is 5. The number of thioether (sulfide) groups is 1. The van der Waals surface area contributed by atoms with Gasteiger partial charge in [-0.05, 0) is 121 Å². The first-order valence-electron chi connectivity index (χ1n) is 39.9. The second kappa shape index (κ2) is 71.2. The van der Waals surface area contributed by atoms with Crippen molar-refractivity contribution >= 4 is 130 Å². The van der Waals surface area contributed by atoms with Crippen molar-refractivity contribution in [2.75, 3.05) is 7.11 Å². The van der Waals surface area contributed by atoms with Gasteiger partial charge in [-0.3, -0.25) is 57.5 Å². The summed E-state index contributed by atoms with van der Waals surface area (Å²) in [7, 11) is 1.39. The second-order valence-electron chi connectivity index (χ2n) is 25.2. The third kappa shape index (κ3) is 57.0. The fourth-order valence-electron chi connectivity index (χ4n) is 8.05. The Morgan fingerprint density at radius 1 is 0.524 bits per heavy atom. The van der Waals surface area contributed by atoms with Gasteiger partial charge in [0.25, 0.3) is 36.3 Å². The zero-order valence-electron chi connectivity index (χ0n) is 74.6. The molecule has 34 nitrogen and oxygen atoms in total. The predicted molar refractivity (Wildman–Crippen MR) is 459 cm³/mol. The molecule has 124 heavy (non-hydrogen) atoms. The largest absolute Gasteiger partial charge is 0.469 e. The average molecular weight is 1780 g/mol. The zero-order chi connectivity index (χ0) is 95.4. The SMILES string of the molecule is C=C(OC)OC(=O)CC.C=[N+]=NC(=O)CC.CCC(=O)OC(C)Cl.CCC(=O)ON1C(=O)C2C3C=CC(C3)C2C1=O.CCC(=O)ON1C(=O)CCC1=O.CCC(=O)Oc1ccc(C)cc1.CCC(=O)Oc1ccc(C)cc1.CCC(=O)Oc1ccccn1.CCC(=O)Sc1ccccn1.CCC(=O)n1ccoc1=O.CCC(C)=O.CCC(C)=O.CCC(C)=O. The lowest BCUT2D eigenvalue weighted by molar-refractivity contribution is -0.199. The molecule has 0 spiro atoms. The second-order valence-corrected chi connectivity index (χ2v) is 26.9. The van der Waals surface area contributed by atoms with E-state index in [1.54, 1.807) is 145 Å². The summed E-state index contributed by atoms with van der Waals surface area (Å²) in [6.45, 7) is 39.4. The molecule has 5 amide bonds. The van der Waals surface area contributed by atoms with Gasteiger partial charge in [0.1, 0.15) is 40.1 Å². The van der Waals surface area contributed by atoms with E-state index in [0.29, 0.717) is 98.1 Å². The van der Waals surface area contributed by atoms with E-state index in [-0.39, 0.29) is 131 Å². The molecule has 2 aromatic carbocycles. The minimum atomic E-state index is -0.619. The first-order chi connectivity index (χ1) is 58.6. The number of allylic oxidation sites excluding steroid dienone is 2. The quantitative estimate of drug-likeness (QED) is 0.00593. The van der Waals surface area contributed by atoms with Crippen LogP contribution in [0.5, 0.6) is 17.4 Å². The molecule has 1 saturated carbocycles. The van der Waals surface area contributed by atoms with Crippen LogP contribution in [0.3, 0.4) is 0 Å². The molecule has 2 saturated heterocycles. The number of oxazole rings is 1. The molecule has 682 valence electrons. The highest BCUT2D eigenvalue weighted by Crippen LogP contribution is 2.52. The van der Waals surface area contributed by atoms with Crippen LogP contribution in [0.25, 0.3) is 0 Å². The van der Waals surface area contributed by atoms with E-state index in [4.69, 9.17) is 30.6 Å². The summed E-state index contributed by atoms with van der Waals surface area (Å²) in [6.07, 6.45) is 16.4. The molecule has 5 atom stereocenters. The van der Waals surface area contributed by atoms with E-state index in [1.165, 1.54) is 31.3 Å². The smallest absolute Gasteiger partial charge is 0.425 e. The fraction of sp³-hybridized carbons (Fsp3) is 0.466. The van der Waals surface area contributed by atoms with E-state index in [1.807, 2.05) is 96.2 Å². The molecule has 36 heteroatoms. The molecular formula is C88H121ClN7O27S+. The number of pyridine rings is 2. The summed E-state index contributed by atoms with van der Waals surface area (Å²) in [5.74, 6) is -2.95. The maximum Gasteiger partial charge on any atom is 0.425 e. The van der Waals surface area contributed by atoms with E-state index in [2.05, 4.69) is 56.6 Å². The van der Waals surface area contributed by atoms with E-state index in [0.717, 1.165) is 27.1 Å². The Hall–Kier alpha value is -12.4. The van der Waals surface area contributed by atoms with Gasteiger partial charge in [-0.25, -0.2) is 28.9 Å². The van der Waals surface area contributed by atoms with Crippen LogP contribution >= 0.6 is 23.4 Å². The number of ether oxygens (including phenoxy) is 6. The minimum absolute atomic E-state index is 0.0434. The summed E-state index contributed by atoms with van der Waals surface area (Å²) in [6, 6.07) is 25.6. The Kier molecular flexibility index (Phi) is 67.8. The number of rotatable bonds is 22. The molecule has 2 aliphatic carbocycles. The van der Waals surface area contributed by atoms with Crippen LogP contribution in [0.15, 0.2) is 154 Å². The van der Waals surface area contributed by atoms with Gasteiger partial charge in [-0.1, -0.05) is 161 Å². The van der Waals surface area contributed by atoms with Gasteiger partial charge in [0.05, 0.1) is 29.9 Å². The van der Waals surface area contributed by atoms with Crippen molar-refractivity contribution in [2.45, 2.75) is 245 Å². The third-order valence-corrected chi connectivity index (χ3v) is 16.3. The summed E-state index contributed by atoms with van der Waals surface area (Å²) in [4.78, 5) is 213. The van der Waals surface area contributed by atoms with Gasteiger partial charge >= 0.3 is 53.4 Å². The molecule has 5 heterocycles. The molecular weight excluding hydrogens is 1650 g/mol. The number of aromatic nitrogens is 3. The number of Topliss-reactive ketones (excluding diaryl/α,β-unsaturated/α-hetero) is 3. The van der Waals surface area contributed by atoms with Crippen molar-refractivity contribution in [1.82, 2.24) is 24.7 Å². The monoisotopic (exact) mass is 1770 g/mol. The van der Waals surface area contributed by atoms with Gasteiger partial charge in [-0.15, -0.1) is 10.1 Å². The topological polar surface area (TPSA) is 458 Å². The number of amides is 5. The molecule has 0 N–H and O–H groups in total. The van der Waals surface area contributed by atoms with Gasteiger partial charge in [0, 0.05) is 115 Å². The highest BCUT2D eigenvalue weighted by molar-refractivity contribution is 8.13. The summed E-state index contributed by atoms with van der Waals surface area (Å²) < 4.78 is 33.6. The Bertz CT molecular complexity index is 4090. The number of aryl methyl sites for hydroxylation is 2. The Morgan fingerprint density at radius 2 is 0.927 bits per heavy atom. The molecule has 5 aromatic rings. The number of halogens is 1. The Labute approximate surface area is 733 Å². The molecule has 0 radical (unpaired) electrons. The van der Waals surface area contributed by atoms with Crippen LogP contribution in [-0.2, 0) is 101 Å². The van der Waals surface area contributed by atoms with Gasteiger partial charge in [0.2, 0.25) is 11.8 Å². The normalized spacial score (nSPS) is 13.8. The van der Waals surface area contributed by atoms with Crippen molar-refractivity contribution in [3.8, 4) is 17.4 Å². The summed E-state index contributed by atoms with van der Waals surface area (Å²) >= 11 is 6.50. The molecule has 5 unspecified atom stereocenters. The summed E-state index contributed by atoms with van der Waals surface area (Å²) in [5, 5.41) is 5.29. The molecule has 2 aliphatic heterocycles. The predicted octanol–water partition coefficient (Wildman–Crippen LogP) is 15.1. The maximum atomic E-state index is 12.0. The van der Waals surface area contributed by atoms with Crippen LogP contribution in [0.1, 0.15) is 236 Å². The van der Waals surface area contributed by atoms with Crippen molar-refractivity contribution in [3.05, 3.63) is 156 Å². The first-order valence-corrected chi connectivity index (χ1v) is 41.1. The average Bonchev–Trinajstić information content (AvgIpc) is 1.57. The van der Waals surface area contributed by atoms with E-state index in [9.17, 15) is 86.3 Å². The zero-order valence-corrected chi connectivity index (χ0v) is 76.2. The number of alkyl halides is 1. The van der Waals surface area contributed by atoms with Crippen LogP contribution < -0.4 is 20.0 Å². The standard InChI is InChI=1S/C12H13NO4.2C10H12O2.C8H9NO2.C8H9NOS.C7H9NO4.C6H7NO3.C6H10O3.C5H9ClO2.C4H7N2O.3C4H8O/c1-2-8(14)17-13-11(15)9-6-3-4-7(5-6)10(9)12(13)16;2*1-3-10(11)12-9-6-4-8(2)5-7-9;2*1-2-8(10)11-7-5-3-4-6-9-7;1-2-7(11)12-8-5(9)3-4-6(8)10;1-2-5(8)7-3-4-10-6(7)9;1-4-6(7)9-5(2)8-3;1-3-5(7)8-4(2)6;1-3-4(7)6-5-2;3*1-3-4(2)5/h3-4,6-7,9-10H,2,5H2,1H3;2*4-7H,3H2,1-2H3;2*3-6H,2H2,1H3;2-4H2,1H3;3-4H,2H2,1H3;2,4H2,1,3H3;4H,3H2,1-2H3;2-3H2,1H3;3*3H2,1-2H3/q;;;;;;;;;+1;;;. The number of hydrogen-bond acceptors (Lipinski definition) is 30. The van der Waals surface area contributed by atoms with Gasteiger partial charge < -0.3 is 56.9 Å². The number of methoxy groups -OCH3 is 1. The number of hydroxylamine groups is 4. The van der Waals surface area contributed by atoms with Crippen LogP contribution in [-0.4, -0.2) is 149 Å². The number of imide groups is 2. The first kappa shape index (κ1) is 118. The maximum absolute atomic E-state index is 12.0. The van der Waals surface area contributed by atoms with E-state index < -0.39 is 35.1 Å². The Balaban J connectivity index is -0.000000638.